The van der Waals surface area contributed by atoms with Gasteiger partial charge in [-0.25, -0.2) is 0 Å². The van der Waals surface area contributed by atoms with E-state index in [2.05, 4.69) is 113 Å². The normalized spacial score (nSPS) is 12.3. The molecule has 1 atom stereocenters. The Morgan fingerprint density at radius 1 is 0.833 bits per heavy atom. The zero-order valence-corrected chi connectivity index (χ0v) is 23.2. The summed E-state index contributed by atoms with van der Waals surface area (Å²) in [6.45, 7) is 11.7. The lowest BCUT2D eigenvalue weighted by molar-refractivity contribution is 0.300. The molecule has 0 saturated heterocycles. The van der Waals surface area contributed by atoms with Gasteiger partial charge in [0.25, 0.3) is 0 Å². The molecule has 0 spiro atoms. The Balaban J connectivity index is 1.82. The van der Waals surface area contributed by atoms with Gasteiger partial charge in [0.05, 0.1) is 5.71 Å². The van der Waals surface area contributed by atoms with Crippen molar-refractivity contribution in [2.45, 2.75) is 46.6 Å². The van der Waals surface area contributed by atoms with Gasteiger partial charge in [-0.3, -0.25) is 4.99 Å². The second kappa shape index (κ2) is 11.2. The lowest BCUT2D eigenvalue weighted by Crippen LogP contribution is -2.22. The monoisotopic (exact) mass is 493 g/mol. The fraction of sp³-hybridized carbons (Fsp3) is 0.242. The van der Waals surface area contributed by atoms with Crippen LogP contribution in [0.25, 0.3) is 0 Å². The largest absolute Gasteiger partial charge is 0.488 e. The first-order chi connectivity index (χ1) is 17.3. The molecule has 3 heteroatoms. The van der Waals surface area contributed by atoms with Crippen LogP contribution in [0.1, 0.15) is 54.2 Å². The van der Waals surface area contributed by atoms with Gasteiger partial charge in [-0.05, 0) is 47.3 Å². The van der Waals surface area contributed by atoms with E-state index >= 15 is 0 Å². The number of hydrogen-bond acceptors (Lipinski definition) is 2. The Hall–Kier alpha value is -3.22. The van der Waals surface area contributed by atoms with Crippen molar-refractivity contribution < 1.29 is 4.74 Å². The minimum absolute atomic E-state index is 0.0358. The van der Waals surface area contributed by atoms with Crippen LogP contribution >= 0.6 is 8.58 Å². The number of hydrogen-bond donors (Lipinski definition) is 0. The quantitative estimate of drug-likeness (QED) is 0.196. The third-order valence-corrected chi connectivity index (χ3v) is 7.88. The molecule has 0 aliphatic rings. The van der Waals surface area contributed by atoms with Crippen LogP contribution in [-0.4, -0.2) is 12.8 Å². The van der Waals surface area contributed by atoms with E-state index in [9.17, 15) is 0 Å². The molecule has 4 aromatic rings. The van der Waals surface area contributed by atoms with Crippen molar-refractivity contribution in [1.29, 1.82) is 0 Å². The highest BCUT2D eigenvalue weighted by molar-refractivity contribution is 7.56. The molecular formula is C33H36NOP. The van der Waals surface area contributed by atoms with E-state index in [0.29, 0.717) is 15.2 Å². The summed E-state index contributed by atoms with van der Waals surface area (Å²) in [7, 11) is 2.33. The number of aryl methyl sites for hydroxylation is 2. The van der Waals surface area contributed by atoms with Gasteiger partial charge in [-0.1, -0.05) is 114 Å². The van der Waals surface area contributed by atoms with Gasteiger partial charge in [0.15, 0.2) is 0 Å². The fourth-order valence-corrected chi connectivity index (χ4v) is 5.98. The summed E-state index contributed by atoms with van der Waals surface area (Å²) in [4.78, 5) is 4.73. The lowest BCUT2D eigenvalue weighted by atomic mass is 9.85. The second-order valence-electron chi connectivity index (χ2n) is 10.3. The van der Waals surface area contributed by atoms with Gasteiger partial charge in [-0.15, -0.1) is 0 Å². The molecule has 0 radical (unpaired) electrons. The molecule has 0 heterocycles. The minimum Gasteiger partial charge on any atom is -0.488 e. The Morgan fingerprint density at radius 2 is 1.50 bits per heavy atom. The molecule has 0 bridgehead atoms. The smallest absolute Gasteiger partial charge is 0.131 e. The maximum Gasteiger partial charge on any atom is 0.131 e. The molecule has 4 rings (SSSR count). The third kappa shape index (κ3) is 5.94. The zero-order chi connectivity index (χ0) is 25.7. The Kier molecular flexibility index (Phi) is 8.07. The molecule has 2 nitrogen and oxygen atoms in total. The van der Waals surface area contributed by atoms with Gasteiger partial charge < -0.3 is 4.74 Å². The van der Waals surface area contributed by atoms with Crippen molar-refractivity contribution in [3.63, 3.8) is 0 Å². The van der Waals surface area contributed by atoms with E-state index in [1.54, 1.807) is 0 Å². The van der Waals surface area contributed by atoms with Crippen LogP contribution in [0.15, 0.2) is 96.0 Å². The van der Waals surface area contributed by atoms with Crippen LogP contribution < -0.4 is 15.3 Å². The van der Waals surface area contributed by atoms with Crippen LogP contribution in [-0.2, 0) is 12.0 Å². The van der Waals surface area contributed by atoms with E-state index in [0.717, 1.165) is 17.0 Å². The third-order valence-electron chi connectivity index (χ3n) is 6.33. The molecular weight excluding hydrogens is 457 g/mol. The van der Waals surface area contributed by atoms with E-state index < -0.39 is 0 Å². The highest BCUT2D eigenvalue weighted by Crippen LogP contribution is 2.35. The van der Waals surface area contributed by atoms with Crippen molar-refractivity contribution >= 4 is 24.9 Å². The minimum atomic E-state index is -0.0358. The maximum absolute atomic E-state index is 6.64. The number of rotatable bonds is 7. The molecule has 0 N–H and O–H groups in total. The Bertz CT molecular complexity index is 1350. The van der Waals surface area contributed by atoms with Gasteiger partial charge in [0.2, 0.25) is 0 Å². The second-order valence-corrected chi connectivity index (χ2v) is 11.6. The highest BCUT2D eigenvalue weighted by Gasteiger charge is 2.24. The first-order valence-corrected chi connectivity index (χ1v) is 13.5. The van der Waals surface area contributed by atoms with Gasteiger partial charge in [0, 0.05) is 29.0 Å². The van der Waals surface area contributed by atoms with Crippen LogP contribution in [0.4, 0.5) is 0 Å². The van der Waals surface area contributed by atoms with Crippen molar-refractivity contribution in [1.82, 2.24) is 0 Å². The average Bonchev–Trinajstić information content (AvgIpc) is 2.86. The predicted octanol–water partition coefficient (Wildman–Crippen LogP) is 7.28. The van der Waals surface area contributed by atoms with Crippen LogP contribution in [0, 0.1) is 13.8 Å². The number of ether oxygens (including phenoxy) is 1. The van der Waals surface area contributed by atoms with Crippen LogP contribution in [0.5, 0.6) is 5.75 Å². The molecule has 0 amide bonds. The molecule has 1 unspecified atom stereocenters. The molecule has 0 saturated carbocycles. The van der Waals surface area contributed by atoms with Crippen molar-refractivity contribution in [3.8, 4) is 5.75 Å². The topological polar surface area (TPSA) is 21.6 Å². The summed E-state index contributed by atoms with van der Waals surface area (Å²) in [5.41, 5.74) is 8.28. The van der Waals surface area contributed by atoms with Crippen molar-refractivity contribution in [3.05, 3.63) is 124 Å². The van der Waals surface area contributed by atoms with Crippen molar-refractivity contribution in [2.24, 2.45) is 4.99 Å². The Morgan fingerprint density at radius 3 is 2.14 bits per heavy atom. The molecule has 184 valence electrons. The Labute approximate surface area is 218 Å². The lowest BCUT2D eigenvalue weighted by Gasteiger charge is -2.26. The van der Waals surface area contributed by atoms with Gasteiger partial charge >= 0.3 is 0 Å². The summed E-state index contributed by atoms with van der Waals surface area (Å²) in [5.74, 6) is 1.01. The van der Waals surface area contributed by atoms with E-state index in [1.165, 1.54) is 38.4 Å². The summed E-state index contributed by atoms with van der Waals surface area (Å²) in [5, 5.41) is 2.56. The summed E-state index contributed by atoms with van der Waals surface area (Å²) < 4.78 is 6.64. The highest BCUT2D eigenvalue weighted by atomic mass is 31.1. The molecule has 36 heavy (non-hydrogen) atoms. The molecule has 0 aromatic heterocycles. The summed E-state index contributed by atoms with van der Waals surface area (Å²) in [6.07, 6.45) is 0. The van der Waals surface area contributed by atoms with Crippen molar-refractivity contribution in [2.75, 3.05) is 7.05 Å². The van der Waals surface area contributed by atoms with E-state index in [1.807, 2.05) is 19.2 Å². The first-order valence-electron chi connectivity index (χ1n) is 12.5. The standard InChI is InChI=1S/C33H36NOP/c1-23-20-28(33(3,4)5)31(35-22-25-15-9-7-10-16-25)29(21-23)36-32-24(2)14-13-19-27(32)30(34-6)26-17-11-8-12-18-26/h7-21,36H,22H2,1-6H3. The molecule has 0 aliphatic carbocycles. The average molecular weight is 494 g/mol. The SMILES string of the molecule is CN=C(c1ccccc1)c1cccc(C)c1Pc1cc(C)cc(C(C)(C)C)c1OCc1ccccc1. The van der Waals surface area contributed by atoms with Crippen LogP contribution in [0.2, 0.25) is 0 Å². The maximum atomic E-state index is 6.64. The van der Waals surface area contributed by atoms with Crippen LogP contribution in [0.3, 0.4) is 0 Å². The molecule has 0 fully saturated rings. The van der Waals surface area contributed by atoms with E-state index in [4.69, 9.17) is 9.73 Å². The van der Waals surface area contributed by atoms with E-state index in [-0.39, 0.29) is 5.41 Å². The number of nitrogens with zero attached hydrogens (tertiary/aromatic N) is 1. The first kappa shape index (κ1) is 25.9. The fourth-order valence-electron chi connectivity index (χ4n) is 4.48. The molecule has 4 aromatic carbocycles. The predicted molar refractivity (Wildman–Crippen MR) is 157 cm³/mol. The zero-order valence-electron chi connectivity index (χ0n) is 22.2. The van der Waals surface area contributed by atoms with Gasteiger partial charge in [-0.2, -0.15) is 0 Å². The number of aliphatic imine (C=N–C) groups is 1. The summed E-state index contributed by atoms with van der Waals surface area (Å²) >= 11 is 0. The molecule has 0 aliphatic heterocycles. The number of benzene rings is 4. The van der Waals surface area contributed by atoms with Gasteiger partial charge in [0.1, 0.15) is 12.4 Å². The summed E-state index contributed by atoms with van der Waals surface area (Å²) in [6, 6.07) is 32.0.